The van der Waals surface area contributed by atoms with E-state index < -0.39 is 5.97 Å². The molecule has 1 N–H and O–H groups in total. The second-order valence-corrected chi connectivity index (χ2v) is 3.91. The summed E-state index contributed by atoms with van der Waals surface area (Å²) in [6, 6.07) is 7.62. The van der Waals surface area contributed by atoms with E-state index in [4.69, 9.17) is 14.6 Å². The van der Waals surface area contributed by atoms with Gasteiger partial charge >= 0.3 is 5.97 Å². The van der Waals surface area contributed by atoms with E-state index in [2.05, 4.69) is 0 Å². The van der Waals surface area contributed by atoms with Gasteiger partial charge in [-0.15, -0.1) is 0 Å². The molecule has 0 aromatic heterocycles. The number of carboxylic acid groups (broad SMARTS) is 1. The number of methoxy groups -OCH3 is 1. The molecule has 0 unspecified atom stereocenters. The third-order valence-electron chi connectivity index (χ3n) is 2.32. The zero-order chi connectivity index (χ0) is 12.7. The molecule has 1 aromatic rings. The van der Waals surface area contributed by atoms with Crippen LogP contribution in [0.3, 0.4) is 0 Å². The van der Waals surface area contributed by atoms with Gasteiger partial charge in [-0.3, -0.25) is 4.79 Å². The molecule has 0 heterocycles. The van der Waals surface area contributed by atoms with E-state index in [1.807, 2.05) is 24.3 Å². The fourth-order valence-electron chi connectivity index (χ4n) is 1.47. The number of benzene rings is 1. The molecule has 1 rings (SSSR count). The first-order valence-electron chi connectivity index (χ1n) is 5.58. The number of carboxylic acids is 1. The fraction of sp³-hybridized carbons (Fsp3) is 0.462. The Kier molecular flexibility index (Phi) is 5.49. The Morgan fingerprint density at radius 3 is 2.53 bits per heavy atom. The van der Waals surface area contributed by atoms with Gasteiger partial charge in [0.1, 0.15) is 11.9 Å². The SMILES string of the molecule is COCCc1ccc(O[C@H](C)CC(=O)O)cc1. The zero-order valence-corrected chi connectivity index (χ0v) is 10.2. The lowest BCUT2D eigenvalue weighted by Crippen LogP contribution is -2.16. The summed E-state index contributed by atoms with van der Waals surface area (Å²) < 4.78 is 10.5. The Morgan fingerprint density at radius 2 is 2.00 bits per heavy atom. The van der Waals surface area contributed by atoms with Crippen LogP contribution >= 0.6 is 0 Å². The monoisotopic (exact) mass is 238 g/mol. The molecule has 1 atom stereocenters. The van der Waals surface area contributed by atoms with E-state index in [0.29, 0.717) is 12.4 Å². The molecule has 4 nitrogen and oxygen atoms in total. The summed E-state index contributed by atoms with van der Waals surface area (Å²) >= 11 is 0. The molecule has 0 saturated carbocycles. The lowest BCUT2D eigenvalue weighted by molar-refractivity contribution is -0.138. The first-order valence-corrected chi connectivity index (χ1v) is 5.58. The second-order valence-electron chi connectivity index (χ2n) is 3.91. The van der Waals surface area contributed by atoms with Crippen molar-refractivity contribution in [3.05, 3.63) is 29.8 Å². The van der Waals surface area contributed by atoms with Crippen LogP contribution in [0, 0.1) is 0 Å². The first-order chi connectivity index (χ1) is 8.11. The predicted molar refractivity (Wildman–Crippen MR) is 64.4 cm³/mol. The van der Waals surface area contributed by atoms with Crippen molar-refractivity contribution in [1.29, 1.82) is 0 Å². The molecule has 0 saturated heterocycles. The minimum absolute atomic E-state index is 0.00538. The third-order valence-corrected chi connectivity index (χ3v) is 2.32. The number of rotatable bonds is 7. The molecular weight excluding hydrogens is 220 g/mol. The van der Waals surface area contributed by atoms with Crippen LogP contribution < -0.4 is 4.74 Å². The van der Waals surface area contributed by atoms with Gasteiger partial charge in [0, 0.05) is 7.11 Å². The molecule has 4 heteroatoms. The van der Waals surface area contributed by atoms with Crippen molar-refractivity contribution in [3.8, 4) is 5.75 Å². The van der Waals surface area contributed by atoms with E-state index in [-0.39, 0.29) is 12.5 Å². The molecule has 0 radical (unpaired) electrons. The van der Waals surface area contributed by atoms with Gasteiger partial charge in [0.05, 0.1) is 13.0 Å². The minimum atomic E-state index is -0.853. The number of aliphatic carboxylic acids is 1. The van der Waals surface area contributed by atoms with Crippen LogP contribution in [0.25, 0.3) is 0 Å². The van der Waals surface area contributed by atoms with Crippen molar-refractivity contribution in [2.24, 2.45) is 0 Å². The molecule has 0 amide bonds. The smallest absolute Gasteiger partial charge is 0.307 e. The van der Waals surface area contributed by atoms with Gasteiger partial charge in [0.15, 0.2) is 0 Å². The van der Waals surface area contributed by atoms with Gasteiger partial charge in [-0.2, -0.15) is 0 Å². The van der Waals surface area contributed by atoms with Gasteiger partial charge in [0.25, 0.3) is 0 Å². The van der Waals surface area contributed by atoms with Crippen molar-refractivity contribution in [1.82, 2.24) is 0 Å². The van der Waals surface area contributed by atoms with Crippen molar-refractivity contribution in [2.75, 3.05) is 13.7 Å². The maximum Gasteiger partial charge on any atom is 0.307 e. The fourth-order valence-corrected chi connectivity index (χ4v) is 1.47. The number of carbonyl (C=O) groups is 1. The highest BCUT2D eigenvalue weighted by Crippen LogP contribution is 2.15. The van der Waals surface area contributed by atoms with Crippen LogP contribution in [0.4, 0.5) is 0 Å². The molecule has 0 aliphatic rings. The molecule has 17 heavy (non-hydrogen) atoms. The van der Waals surface area contributed by atoms with Crippen molar-refractivity contribution in [3.63, 3.8) is 0 Å². The largest absolute Gasteiger partial charge is 0.490 e. The summed E-state index contributed by atoms with van der Waals surface area (Å²) in [6.45, 7) is 2.43. The third kappa shape index (κ3) is 5.36. The minimum Gasteiger partial charge on any atom is -0.490 e. The Morgan fingerprint density at radius 1 is 1.35 bits per heavy atom. The first kappa shape index (κ1) is 13.5. The van der Waals surface area contributed by atoms with Crippen LogP contribution in [0.1, 0.15) is 18.9 Å². The van der Waals surface area contributed by atoms with E-state index in [9.17, 15) is 4.79 Å². The van der Waals surface area contributed by atoms with Crippen molar-refractivity contribution < 1.29 is 19.4 Å². The molecule has 0 fully saturated rings. The van der Waals surface area contributed by atoms with Gasteiger partial charge < -0.3 is 14.6 Å². The molecule has 0 aliphatic heterocycles. The van der Waals surface area contributed by atoms with E-state index in [1.54, 1.807) is 14.0 Å². The van der Waals surface area contributed by atoms with Crippen LogP contribution in [-0.2, 0) is 16.0 Å². The second kappa shape index (κ2) is 6.91. The van der Waals surface area contributed by atoms with E-state index >= 15 is 0 Å². The van der Waals surface area contributed by atoms with Gasteiger partial charge in [-0.05, 0) is 31.0 Å². The molecule has 0 bridgehead atoms. The summed E-state index contributed by atoms with van der Waals surface area (Å²) in [6.07, 6.45) is 0.546. The molecule has 0 aliphatic carbocycles. The highest BCUT2D eigenvalue weighted by Gasteiger charge is 2.08. The van der Waals surface area contributed by atoms with Crippen LogP contribution in [0.15, 0.2) is 24.3 Å². The zero-order valence-electron chi connectivity index (χ0n) is 10.2. The average molecular weight is 238 g/mol. The molecule has 94 valence electrons. The van der Waals surface area contributed by atoms with E-state index in [1.165, 1.54) is 5.56 Å². The summed E-state index contributed by atoms with van der Waals surface area (Å²) in [5.74, 6) is -0.158. The maximum absolute atomic E-state index is 10.5. The quantitative estimate of drug-likeness (QED) is 0.790. The Bertz CT molecular complexity index is 345. The standard InChI is InChI=1S/C13H18O4/c1-10(9-13(14)15)17-12-5-3-11(4-6-12)7-8-16-2/h3-6,10H,7-9H2,1-2H3,(H,14,15)/t10-/m1/s1. The molecular formula is C13H18O4. The Balaban J connectivity index is 2.47. The van der Waals surface area contributed by atoms with Crippen molar-refractivity contribution in [2.45, 2.75) is 25.9 Å². The average Bonchev–Trinajstić information content (AvgIpc) is 2.27. The van der Waals surface area contributed by atoms with Gasteiger partial charge in [-0.25, -0.2) is 0 Å². The number of ether oxygens (including phenoxy) is 2. The topological polar surface area (TPSA) is 55.8 Å². The van der Waals surface area contributed by atoms with Gasteiger partial charge in [-0.1, -0.05) is 12.1 Å². The predicted octanol–water partition coefficient (Wildman–Crippen LogP) is 2.12. The Labute approximate surface area is 101 Å². The highest BCUT2D eigenvalue weighted by molar-refractivity contribution is 5.67. The van der Waals surface area contributed by atoms with Crippen LogP contribution in [-0.4, -0.2) is 30.9 Å². The van der Waals surface area contributed by atoms with Gasteiger partial charge in [0.2, 0.25) is 0 Å². The number of hydrogen-bond donors (Lipinski definition) is 1. The Hall–Kier alpha value is -1.55. The normalized spacial score (nSPS) is 12.1. The van der Waals surface area contributed by atoms with E-state index in [0.717, 1.165) is 6.42 Å². The summed E-state index contributed by atoms with van der Waals surface area (Å²) in [5.41, 5.74) is 1.17. The van der Waals surface area contributed by atoms with Crippen molar-refractivity contribution >= 4 is 5.97 Å². The highest BCUT2D eigenvalue weighted by atomic mass is 16.5. The molecule has 1 aromatic carbocycles. The summed E-state index contributed by atoms with van der Waals surface area (Å²) in [5, 5.41) is 8.61. The van der Waals surface area contributed by atoms with Crippen LogP contribution in [0.5, 0.6) is 5.75 Å². The van der Waals surface area contributed by atoms with Crippen LogP contribution in [0.2, 0.25) is 0 Å². The summed E-state index contributed by atoms with van der Waals surface area (Å²) in [7, 11) is 1.67. The lowest BCUT2D eigenvalue weighted by atomic mass is 10.1. The molecule has 0 spiro atoms. The lowest BCUT2D eigenvalue weighted by Gasteiger charge is -2.12. The number of hydrogen-bond acceptors (Lipinski definition) is 3. The maximum atomic E-state index is 10.5. The summed E-state index contributed by atoms with van der Waals surface area (Å²) in [4.78, 5) is 10.5.